The van der Waals surface area contributed by atoms with E-state index >= 15 is 0 Å². The van der Waals surface area contributed by atoms with Gasteiger partial charge in [-0.3, -0.25) is 4.79 Å². The van der Waals surface area contributed by atoms with Crippen LogP contribution in [-0.2, 0) is 11.3 Å². The molecule has 23 heavy (non-hydrogen) atoms. The largest absolute Gasteiger partial charge is 0.484 e. The Morgan fingerprint density at radius 2 is 1.87 bits per heavy atom. The second-order valence-corrected chi connectivity index (χ2v) is 5.87. The van der Waals surface area contributed by atoms with Crippen molar-refractivity contribution >= 4 is 5.91 Å². The molecule has 0 aromatic heterocycles. The van der Waals surface area contributed by atoms with Crippen LogP contribution in [-0.4, -0.2) is 12.5 Å². The molecule has 1 N–H and O–H groups in total. The molecule has 0 spiro atoms. The standard InChI is InChI=1S/C19H22FNO2/c1-13(2)16-6-8-17(9-7-16)23-12-19(22)21-11-15-5-4-14(3)18(20)10-15/h4-10,13H,11-12H2,1-3H3,(H,21,22). The van der Waals surface area contributed by atoms with Gasteiger partial charge in [0.1, 0.15) is 11.6 Å². The van der Waals surface area contributed by atoms with Gasteiger partial charge >= 0.3 is 0 Å². The van der Waals surface area contributed by atoms with Crippen molar-refractivity contribution in [3.05, 3.63) is 65.0 Å². The molecule has 0 aliphatic carbocycles. The van der Waals surface area contributed by atoms with E-state index in [0.717, 1.165) is 5.56 Å². The first-order chi connectivity index (χ1) is 11.0. The molecule has 3 nitrogen and oxygen atoms in total. The second-order valence-electron chi connectivity index (χ2n) is 5.87. The maximum Gasteiger partial charge on any atom is 0.258 e. The number of hydrogen-bond acceptors (Lipinski definition) is 2. The van der Waals surface area contributed by atoms with Crippen LogP contribution in [0, 0.1) is 12.7 Å². The lowest BCUT2D eigenvalue weighted by Gasteiger charge is -2.10. The maximum absolute atomic E-state index is 13.4. The lowest BCUT2D eigenvalue weighted by molar-refractivity contribution is -0.123. The van der Waals surface area contributed by atoms with E-state index in [1.54, 1.807) is 19.1 Å². The van der Waals surface area contributed by atoms with Crippen LogP contribution in [0.5, 0.6) is 5.75 Å². The fourth-order valence-electron chi connectivity index (χ4n) is 2.10. The van der Waals surface area contributed by atoms with Crippen molar-refractivity contribution in [2.24, 2.45) is 0 Å². The molecule has 2 rings (SSSR count). The third kappa shape index (κ3) is 5.09. The fraction of sp³-hybridized carbons (Fsp3) is 0.316. The number of hydrogen-bond donors (Lipinski definition) is 1. The van der Waals surface area contributed by atoms with Crippen molar-refractivity contribution < 1.29 is 13.9 Å². The first-order valence-electron chi connectivity index (χ1n) is 7.70. The van der Waals surface area contributed by atoms with Crippen LogP contribution in [0.1, 0.15) is 36.5 Å². The molecule has 122 valence electrons. The van der Waals surface area contributed by atoms with Crippen LogP contribution in [0.2, 0.25) is 0 Å². The molecule has 2 aromatic carbocycles. The molecule has 0 saturated carbocycles. The number of carbonyl (C=O) groups excluding carboxylic acids is 1. The lowest BCUT2D eigenvalue weighted by atomic mass is 10.0. The van der Waals surface area contributed by atoms with Crippen LogP contribution in [0.3, 0.4) is 0 Å². The fourth-order valence-corrected chi connectivity index (χ4v) is 2.10. The van der Waals surface area contributed by atoms with Crippen molar-refractivity contribution in [1.82, 2.24) is 5.32 Å². The highest BCUT2D eigenvalue weighted by Gasteiger charge is 2.05. The molecular weight excluding hydrogens is 293 g/mol. The first kappa shape index (κ1) is 17.0. The van der Waals surface area contributed by atoms with E-state index in [4.69, 9.17) is 4.74 Å². The number of carbonyl (C=O) groups is 1. The summed E-state index contributed by atoms with van der Waals surface area (Å²) < 4.78 is 18.9. The van der Waals surface area contributed by atoms with E-state index in [2.05, 4.69) is 19.2 Å². The summed E-state index contributed by atoms with van der Waals surface area (Å²) in [6.07, 6.45) is 0. The molecule has 0 heterocycles. The molecule has 4 heteroatoms. The van der Waals surface area contributed by atoms with Crippen LogP contribution in [0.15, 0.2) is 42.5 Å². The van der Waals surface area contributed by atoms with Gasteiger partial charge in [-0.05, 0) is 47.7 Å². The maximum atomic E-state index is 13.4. The Hall–Kier alpha value is -2.36. The Kier molecular flexibility index (Phi) is 5.74. The predicted molar refractivity (Wildman–Crippen MR) is 89.0 cm³/mol. The zero-order valence-electron chi connectivity index (χ0n) is 13.7. The summed E-state index contributed by atoms with van der Waals surface area (Å²) in [4.78, 5) is 11.8. The SMILES string of the molecule is Cc1ccc(CNC(=O)COc2ccc(C(C)C)cc2)cc1F. The molecule has 0 aliphatic rings. The Morgan fingerprint density at radius 1 is 1.17 bits per heavy atom. The Bertz CT molecular complexity index is 666. The van der Waals surface area contributed by atoms with Gasteiger partial charge in [0.25, 0.3) is 5.91 Å². The van der Waals surface area contributed by atoms with E-state index in [0.29, 0.717) is 17.2 Å². The number of halogens is 1. The number of benzene rings is 2. The molecule has 2 aromatic rings. The average molecular weight is 315 g/mol. The van der Waals surface area contributed by atoms with Gasteiger partial charge in [0.2, 0.25) is 0 Å². The minimum atomic E-state index is -0.266. The van der Waals surface area contributed by atoms with Crippen LogP contribution in [0.25, 0.3) is 0 Å². The van der Waals surface area contributed by atoms with E-state index in [1.807, 2.05) is 24.3 Å². The van der Waals surface area contributed by atoms with E-state index < -0.39 is 0 Å². The topological polar surface area (TPSA) is 38.3 Å². The summed E-state index contributed by atoms with van der Waals surface area (Å²) in [6.45, 7) is 6.17. The van der Waals surface area contributed by atoms with E-state index in [1.165, 1.54) is 11.6 Å². The number of amides is 1. The molecule has 0 fully saturated rings. The van der Waals surface area contributed by atoms with Crippen molar-refractivity contribution in [2.75, 3.05) is 6.61 Å². The summed E-state index contributed by atoms with van der Waals surface area (Å²) >= 11 is 0. The van der Waals surface area contributed by atoms with Gasteiger partial charge in [0, 0.05) is 6.54 Å². The quantitative estimate of drug-likeness (QED) is 0.876. The monoisotopic (exact) mass is 315 g/mol. The van der Waals surface area contributed by atoms with Crippen LogP contribution in [0.4, 0.5) is 4.39 Å². The number of ether oxygens (including phenoxy) is 1. The van der Waals surface area contributed by atoms with Gasteiger partial charge in [-0.2, -0.15) is 0 Å². The zero-order valence-corrected chi connectivity index (χ0v) is 13.7. The van der Waals surface area contributed by atoms with Crippen molar-refractivity contribution in [1.29, 1.82) is 0 Å². The Balaban J connectivity index is 1.79. The Morgan fingerprint density at radius 3 is 2.48 bits per heavy atom. The predicted octanol–water partition coefficient (Wildman–Crippen LogP) is 3.95. The van der Waals surface area contributed by atoms with Gasteiger partial charge in [-0.25, -0.2) is 4.39 Å². The van der Waals surface area contributed by atoms with E-state index in [-0.39, 0.29) is 24.9 Å². The van der Waals surface area contributed by atoms with Crippen molar-refractivity contribution in [3.63, 3.8) is 0 Å². The van der Waals surface area contributed by atoms with Gasteiger partial charge in [0.05, 0.1) is 0 Å². The number of aryl methyl sites for hydroxylation is 1. The van der Waals surface area contributed by atoms with Crippen molar-refractivity contribution in [3.8, 4) is 5.75 Å². The molecule has 1 amide bonds. The van der Waals surface area contributed by atoms with Crippen molar-refractivity contribution in [2.45, 2.75) is 33.2 Å². The highest BCUT2D eigenvalue weighted by molar-refractivity contribution is 5.77. The average Bonchev–Trinajstić information content (AvgIpc) is 2.54. The molecule has 0 bridgehead atoms. The smallest absolute Gasteiger partial charge is 0.258 e. The molecule has 0 saturated heterocycles. The lowest BCUT2D eigenvalue weighted by Crippen LogP contribution is -2.28. The zero-order chi connectivity index (χ0) is 16.8. The summed E-state index contributed by atoms with van der Waals surface area (Å²) in [7, 11) is 0. The number of rotatable bonds is 6. The van der Waals surface area contributed by atoms with Gasteiger partial charge in [-0.1, -0.05) is 38.1 Å². The second kappa shape index (κ2) is 7.77. The molecule has 0 radical (unpaired) electrons. The molecule has 0 atom stereocenters. The Labute approximate surface area is 136 Å². The van der Waals surface area contributed by atoms with Gasteiger partial charge in [0.15, 0.2) is 6.61 Å². The molecular formula is C19H22FNO2. The summed E-state index contributed by atoms with van der Waals surface area (Å²) in [5.41, 5.74) is 2.54. The normalized spacial score (nSPS) is 10.7. The highest BCUT2D eigenvalue weighted by atomic mass is 19.1. The number of nitrogens with one attached hydrogen (secondary N) is 1. The van der Waals surface area contributed by atoms with Gasteiger partial charge < -0.3 is 10.1 Å². The summed E-state index contributed by atoms with van der Waals surface area (Å²) in [6, 6.07) is 12.6. The highest BCUT2D eigenvalue weighted by Crippen LogP contribution is 2.18. The summed E-state index contributed by atoms with van der Waals surface area (Å²) in [5.74, 6) is 0.616. The third-order valence-corrected chi connectivity index (χ3v) is 3.64. The third-order valence-electron chi connectivity index (χ3n) is 3.64. The summed E-state index contributed by atoms with van der Waals surface area (Å²) in [5, 5.41) is 2.71. The minimum Gasteiger partial charge on any atom is -0.484 e. The molecule has 0 unspecified atom stereocenters. The minimum absolute atomic E-state index is 0.0602. The van der Waals surface area contributed by atoms with Gasteiger partial charge in [-0.15, -0.1) is 0 Å². The van der Waals surface area contributed by atoms with Crippen LogP contribution >= 0.6 is 0 Å². The van der Waals surface area contributed by atoms with E-state index in [9.17, 15) is 9.18 Å². The first-order valence-corrected chi connectivity index (χ1v) is 7.70. The molecule has 0 aliphatic heterocycles. The van der Waals surface area contributed by atoms with Crippen LogP contribution < -0.4 is 10.1 Å².